The lowest BCUT2D eigenvalue weighted by Gasteiger charge is -2.29. The number of nitrogens with one attached hydrogen (secondary N) is 1. The van der Waals surface area contributed by atoms with Crippen molar-refractivity contribution in [1.82, 2.24) is 25.2 Å². The normalized spacial score (nSPS) is 20.9. The minimum atomic E-state index is 0.106. The highest BCUT2D eigenvalue weighted by Gasteiger charge is 2.57. The zero-order valence-electron chi connectivity index (χ0n) is 15.4. The molecular formula is C20H23N5OS. The number of amides is 1. The van der Waals surface area contributed by atoms with E-state index in [1.54, 1.807) is 16.0 Å². The number of hydrogen-bond acceptors (Lipinski definition) is 5. The zero-order chi connectivity index (χ0) is 18.4. The molecule has 1 unspecified atom stereocenters. The van der Waals surface area contributed by atoms with Crippen LogP contribution in [0.2, 0.25) is 0 Å². The van der Waals surface area contributed by atoms with E-state index in [2.05, 4.69) is 37.4 Å². The lowest BCUT2D eigenvalue weighted by molar-refractivity contribution is 0.0692. The Kier molecular flexibility index (Phi) is 4.02. The first kappa shape index (κ1) is 16.9. The van der Waals surface area contributed by atoms with Gasteiger partial charge in [0.1, 0.15) is 5.52 Å². The SMILES string of the molecule is Cn1nnc2cc(C(=O)N(Cc3ccsc3)C3CC34CCNCC4)ccc21. The Morgan fingerprint density at radius 3 is 3.00 bits per heavy atom. The Labute approximate surface area is 162 Å². The number of aryl methyl sites for hydroxylation is 1. The highest BCUT2D eigenvalue weighted by Crippen LogP contribution is 2.56. The molecule has 2 aromatic heterocycles. The van der Waals surface area contributed by atoms with Crippen molar-refractivity contribution < 1.29 is 4.79 Å². The van der Waals surface area contributed by atoms with Crippen LogP contribution in [0.4, 0.5) is 0 Å². The maximum Gasteiger partial charge on any atom is 0.254 e. The van der Waals surface area contributed by atoms with Crippen molar-refractivity contribution in [1.29, 1.82) is 0 Å². The van der Waals surface area contributed by atoms with Gasteiger partial charge in [0, 0.05) is 25.2 Å². The van der Waals surface area contributed by atoms with E-state index in [1.807, 2.05) is 25.2 Å². The number of benzene rings is 1. The molecule has 1 aromatic carbocycles. The molecule has 2 fully saturated rings. The van der Waals surface area contributed by atoms with Crippen molar-refractivity contribution in [2.24, 2.45) is 12.5 Å². The van der Waals surface area contributed by atoms with Gasteiger partial charge in [-0.25, -0.2) is 4.68 Å². The lowest BCUT2D eigenvalue weighted by atomic mass is 9.93. The van der Waals surface area contributed by atoms with Gasteiger partial charge < -0.3 is 10.2 Å². The highest BCUT2D eigenvalue weighted by atomic mass is 32.1. The van der Waals surface area contributed by atoms with E-state index in [0.717, 1.165) is 43.4 Å². The second-order valence-corrected chi connectivity index (χ2v) is 8.59. The number of nitrogens with zero attached hydrogens (tertiary/aromatic N) is 4. The van der Waals surface area contributed by atoms with Crippen LogP contribution in [0.25, 0.3) is 11.0 Å². The fourth-order valence-corrected chi connectivity index (χ4v) is 5.13. The first-order chi connectivity index (χ1) is 13.2. The Bertz CT molecular complexity index is 974. The zero-order valence-corrected chi connectivity index (χ0v) is 16.2. The third-order valence-electron chi connectivity index (χ3n) is 6.17. The summed E-state index contributed by atoms with van der Waals surface area (Å²) >= 11 is 1.68. The molecule has 27 heavy (non-hydrogen) atoms. The van der Waals surface area contributed by atoms with Crippen molar-refractivity contribution in [2.75, 3.05) is 13.1 Å². The fourth-order valence-electron chi connectivity index (χ4n) is 4.47. The van der Waals surface area contributed by atoms with Crippen molar-refractivity contribution in [3.05, 3.63) is 46.2 Å². The van der Waals surface area contributed by atoms with Crippen LogP contribution in [-0.4, -0.2) is 44.9 Å². The fraction of sp³-hybridized carbons (Fsp3) is 0.450. The Morgan fingerprint density at radius 2 is 2.22 bits per heavy atom. The molecule has 3 heterocycles. The summed E-state index contributed by atoms with van der Waals surface area (Å²) in [5.41, 5.74) is 3.94. The molecule has 1 aliphatic heterocycles. The van der Waals surface area contributed by atoms with Crippen molar-refractivity contribution in [3.8, 4) is 0 Å². The number of rotatable bonds is 4. The van der Waals surface area contributed by atoms with Crippen LogP contribution in [0.5, 0.6) is 0 Å². The molecule has 3 aromatic rings. The van der Waals surface area contributed by atoms with Gasteiger partial charge in [0.05, 0.1) is 5.52 Å². The van der Waals surface area contributed by atoms with E-state index in [-0.39, 0.29) is 5.91 Å². The molecule has 2 aliphatic rings. The Morgan fingerprint density at radius 1 is 1.37 bits per heavy atom. The van der Waals surface area contributed by atoms with E-state index in [9.17, 15) is 4.79 Å². The van der Waals surface area contributed by atoms with Crippen LogP contribution in [0.3, 0.4) is 0 Å². The van der Waals surface area contributed by atoms with Gasteiger partial charge in [0.25, 0.3) is 5.91 Å². The number of thiophene rings is 1. The van der Waals surface area contributed by atoms with Gasteiger partial charge in [-0.15, -0.1) is 5.10 Å². The number of aromatic nitrogens is 3. The second-order valence-electron chi connectivity index (χ2n) is 7.81. The third kappa shape index (κ3) is 2.95. The predicted octanol–water partition coefficient (Wildman–Crippen LogP) is 2.81. The summed E-state index contributed by atoms with van der Waals surface area (Å²) < 4.78 is 1.73. The standard InChI is InChI=1S/C20H23N5OS/c1-24-17-3-2-15(10-16(17)22-23-24)19(26)25(12-14-4-9-27-13-14)18-11-20(18)5-7-21-8-6-20/h2-4,9-10,13,18,21H,5-8,11-12H2,1H3. The quantitative estimate of drug-likeness (QED) is 0.755. The number of fused-ring (bicyclic) bond motifs is 1. The van der Waals surface area contributed by atoms with Gasteiger partial charge in [-0.3, -0.25) is 4.79 Å². The maximum atomic E-state index is 13.5. The Hall–Kier alpha value is -2.25. The van der Waals surface area contributed by atoms with Gasteiger partial charge in [-0.05, 0) is 78.4 Å². The summed E-state index contributed by atoms with van der Waals surface area (Å²) in [5.74, 6) is 0.106. The average Bonchev–Trinajstić information content (AvgIpc) is 3.04. The molecule has 1 aliphatic carbocycles. The molecule has 6 nitrogen and oxygen atoms in total. The van der Waals surface area contributed by atoms with Crippen molar-refractivity contribution >= 4 is 28.3 Å². The molecule has 140 valence electrons. The van der Waals surface area contributed by atoms with Crippen molar-refractivity contribution in [2.45, 2.75) is 31.8 Å². The van der Waals surface area contributed by atoms with Gasteiger partial charge in [0.2, 0.25) is 0 Å². The molecule has 0 radical (unpaired) electrons. The minimum absolute atomic E-state index is 0.106. The maximum absolute atomic E-state index is 13.5. The summed E-state index contributed by atoms with van der Waals surface area (Å²) in [7, 11) is 1.87. The predicted molar refractivity (Wildman–Crippen MR) is 106 cm³/mol. The third-order valence-corrected chi connectivity index (χ3v) is 6.91. The molecule has 1 N–H and O–H groups in total. The summed E-state index contributed by atoms with van der Waals surface area (Å²) in [4.78, 5) is 15.6. The molecule has 7 heteroatoms. The van der Waals surface area contributed by atoms with Gasteiger partial charge >= 0.3 is 0 Å². The van der Waals surface area contributed by atoms with E-state index < -0.39 is 0 Å². The van der Waals surface area contributed by atoms with Gasteiger partial charge in [-0.1, -0.05) is 5.21 Å². The van der Waals surface area contributed by atoms with E-state index in [0.29, 0.717) is 23.6 Å². The van der Waals surface area contributed by atoms with Crippen LogP contribution >= 0.6 is 11.3 Å². The van der Waals surface area contributed by atoms with E-state index in [1.165, 1.54) is 5.56 Å². The van der Waals surface area contributed by atoms with E-state index >= 15 is 0 Å². The Balaban J connectivity index is 1.46. The molecular weight excluding hydrogens is 358 g/mol. The number of hydrogen-bond donors (Lipinski definition) is 1. The van der Waals surface area contributed by atoms with Crippen LogP contribution < -0.4 is 5.32 Å². The first-order valence-corrected chi connectivity index (χ1v) is 10.4. The summed E-state index contributed by atoms with van der Waals surface area (Å²) in [6.45, 7) is 2.80. The molecule has 1 atom stereocenters. The highest BCUT2D eigenvalue weighted by molar-refractivity contribution is 7.07. The molecule has 1 saturated heterocycles. The van der Waals surface area contributed by atoms with Gasteiger partial charge in [-0.2, -0.15) is 11.3 Å². The average molecular weight is 382 g/mol. The lowest BCUT2D eigenvalue weighted by Crippen LogP contribution is -2.39. The summed E-state index contributed by atoms with van der Waals surface area (Å²) in [5, 5.41) is 15.9. The smallest absolute Gasteiger partial charge is 0.254 e. The molecule has 5 rings (SSSR count). The first-order valence-electron chi connectivity index (χ1n) is 9.48. The van der Waals surface area contributed by atoms with Crippen molar-refractivity contribution in [3.63, 3.8) is 0 Å². The second kappa shape index (κ2) is 6.42. The molecule has 1 saturated carbocycles. The number of carbonyl (C=O) groups is 1. The topological polar surface area (TPSA) is 63.1 Å². The van der Waals surface area contributed by atoms with Gasteiger partial charge in [0.15, 0.2) is 0 Å². The van der Waals surface area contributed by atoms with Crippen LogP contribution in [-0.2, 0) is 13.6 Å². The number of carbonyl (C=O) groups excluding carboxylic acids is 1. The van der Waals surface area contributed by atoms with E-state index in [4.69, 9.17) is 0 Å². The van der Waals surface area contributed by atoms with Crippen LogP contribution in [0.1, 0.15) is 35.2 Å². The molecule has 1 amide bonds. The molecule has 0 bridgehead atoms. The largest absolute Gasteiger partial charge is 0.331 e. The monoisotopic (exact) mass is 381 g/mol. The van der Waals surface area contributed by atoms with Crippen LogP contribution in [0.15, 0.2) is 35.0 Å². The summed E-state index contributed by atoms with van der Waals surface area (Å²) in [6.07, 6.45) is 3.44. The molecule has 1 spiro atoms. The number of piperidine rings is 1. The van der Waals surface area contributed by atoms with Crippen LogP contribution in [0, 0.1) is 5.41 Å². The minimum Gasteiger partial charge on any atom is -0.331 e. The summed E-state index contributed by atoms with van der Waals surface area (Å²) in [6, 6.07) is 8.19.